The maximum absolute atomic E-state index is 13.7. The van der Waals surface area contributed by atoms with E-state index in [1.54, 1.807) is 18.2 Å². The molecule has 0 saturated heterocycles. The monoisotopic (exact) mass is 201 g/mol. The highest BCUT2D eigenvalue weighted by molar-refractivity contribution is 6.31. The van der Waals surface area contributed by atoms with E-state index in [0.717, 1.165) is 5.56 Å². The Morgan fingerprint density at radius 1 is 1.46 bits per heavy atom. The predicted molar refractivity (Wildman–Crippen MR) is 53.5 cm³/mol. The molecule has 1 rings (SSSR count). The van der Waals surface area contributed by atoms with Crippen LogP contribution in [0.2, 0.25) is 5.02 Å². The van der Waals surface area contributed by atoms with Crippen LogP contribution in [0, 0.1) is 0 Å². The molecule has 1 aromatic rings. The van der Waals surface area contributed by atoms with Gasteiger partial charge in [-0.3, -0.25) is 0 Å². The minimum atomic E-state index is -1.44. The van der Waals surface area contributed by atoms with Gasteiger partial charge in [0.2, 0.25) is 0 Å². The first-order valence-electron chi connectivity index (χ1n) is 4.13. The first-order chi connectivity index (χ1) is 5.96. The number of hydrogen-bond acceptors (Lipinski definition) is 1. The van der Waals surface area contributed by atoms with E-state index in [1.807, 2.05) is 0 Å². The SMILES string of the molecule is CC(C)(F)c1c(Cl)cccc1CN. The van der Waals surface area contributed by atoms with Crippen molar-refractivity contribution in [2.45, 2.75) is 26.1 Å². The molecule has 3 heteroatoms. The molecule has 1 nitrogen and oxygen atoms in total. The molecule has 0 aliphatic heterocycles. The molecule has 0 fully saturated rings. The van der Waals surface area contributed by atoms with Crippen molar-refractivity contribution in [3.8, 4) is 0 Å². The molecule has 0 aromatic heterocycles. The van der Waals surface area contributed by atoms with Gasteiger partial charge in [0.15, 0.2) is 0 Å². The molecule has 0 atom stereocenters. The molecule has 0 bridgehead atoms. The molecular formula is C10H13ClFN. The van der Waals surface area contributed by atoms with Crippen molar-refractivity contribution in [3.05, 3.63) is 34.3 Å². The minimum Gasteiger partial charge on any atom is -0.326 e. The highest BCUT2D eigenvalue weighted by atomic mass is 35.5. The van der Waals surface area contributed by atoms with E-state index in [1.165, 1.54) is 13.8 Å². The second-order valence-electron chi connectivity index (χ2n) is 3.45. The van der Waals surface area contributed by atoms with Crippen LogP contribution in [0.4, 0.5) is 4.39 Å². The van der Waals surface area contributed by atoms with Gasteiger partial charge in [0.05, 0.1) is 0 Å². The summed E-state index contributed by atoms with van der Waals surface area (Å²) in [6.45, 7) is 3.27. The summed E-state index contributed by atoms with van der Waals surface area (Å²) in [6.07, 6.45) is 0. The summed E-state index contributed by atoms with van der Waals surface area (Å²) >= 11 is 5.90. The van der Waals surface area contributed by atoms with Crippen molar-refractivity contribution < 1.29 is 4.39 Å². The fourth-order valence-electron chi connectivity index (χ4n) is 1.40. The zero-order chi connectivity index (χ0) is 10.1. The summed E-state index contributed by atoms with van der Waals surface area (Å²) in [6, 6.07) is 5.25. The Morgan fingerprint density at radius 3 is 2.46 bits per heavy atom. The second-order valence-corrected chi connectivity index (χ2v) is 3.86. The van der Waals surface area contributed by atoms with Gasteiger partial charge in [-0.05, 0) is 25.5 Å². The Balaban J connectivity index is 3.32. The average molecular weight is 202 g/mol. The first kappa shape index (κ1) is 10.5. The van der Waals surface area contributed by atoms with Gasteiger partial charge >= 0.3 is 0 Å². The molecule has 13 heavy (non-hydrogen) atoms. The first-order valence-corrected chi connectivity index (χ1v) is 4.51. The third-order valence-corrected chi connectivity index (χ3v) is 2.23. The van der Waals surface area contributed by atoms with Crippen molar-refractivity contribution in [3.63, 3.8) is 0 Å². The number of hydrogen-bond donors (Lipinski definition) is 1. The van der Waals surface area contributed by atoms with E-state index in [4.69, 9.17) is 17.3 Å². The van der Waals surface area contributed by atoms with Gasteiger partial charge in [-0.1, -0.05) is 23.7 Å². The van der Waals surface area contributed by atoms with E-state index >= 15 is 0 Å². The van der Waals surface area contributed by atoms with Crippen molar-refractivity contribution >= 4 is 11.6 Å². The number of halogens is 2. The highest BCUT2D eigenvalue weighted by Crippen LogP contribution is 2.33. The van der Waals surface area contributed by atoms with Gasteiger partial charge < -0.3 is 5.73 Å². The molecule has 0 saturated carbocycles. The van der Waals surface area contributed by atoms with Crippen molar-refractivity contribution in [1.29, 1.82) is 0 Å². The van der Waals surface area contributed by atoms with E-state index in [0.29, 0.717) is 17.1 Å². The summed E-state index contributed by atoms with van der Waals surface area (Å²) in [4.78, 5) is 0. The van der Waals surface area contributed by atoms with Crippen LogP contribution < -0.4 is 5.73 Å². The maximum atomic E-state index is 13.7. The third kappa shape index (κ3) is 2.20. The fraction of sp³-hybridized carbons (Fsp3) is 0.400. The lowest BCUT2D eigenvalue weighted by Gasteiger charge is -2.19. The van der Waals surface area contributed by atoms with Gasteiger partial charge in [0.25, 0.3) is 0 Å². The summed E-state index contributed by atoms with van der Waals surface area (Å²) in [7, 11) is 0. The molecule has 0 aliphatic carbocycles. The third-order valence-electron chi connectivity index (χ3n) is 1.91. The van der Waals surface area contributed by atoms with E-state index in [9.17, 15) is 4.39 Å². The van der Waals surface area contributed by atoms with E-state index in [2.05, 4.69) is 0 Å². The Labute approximate surface area is 82.7 Å². The summed E-state index contributed by atoms with van der Waals surface area (Å²) in [5.41, 5.74) is 5.32. The van der Waals surface area contributed by atoms with E-state index < -0.39 is 5.67 Å². The lowest BCUT2D eigenvalue weighted by atomic mass is 9.94. The highest BCUT2D eigenvalue weighted by Gasteiger charge is 2.24. The zero-order valence-corrected chi connectivity index (χ0v) is 8.53. The molecule has 0 amide bonds. The lowest BCUT2D eigenvalue weighted by Crippen LogP contribution is -2.15. The molecule has 72 valence electrons. The second kappa shape index (κ2) is 3.64. The standard InChI is InChI=1S/C10H13ClFN/c1-10(2,12)9-7(6-13)4-3-5-8(9)11/h3-5H,6,13H2,1-2H3. The molecule has 0 spiro atoms. The number of nitrogens with two attached hydrogens (primary N) is 1. The van der Waals surface area contributed by atoms with Crippen LogP contribution in [0.15, 0.2) is 18.2 Å². The van der Waals surface area contributed by atoms with Crippen molar-refractivity contribution in [2.24, 2.45) is 5.73 Å². The van der Waals surface area contributed by atoms with Gasteiger partial charge in [-0.2, -0.15) is 0 Å². The largest absolute Gasteiger partial charge is 0.326 e. The Kier molecular flexibility index (Phi) is 2.94. The van der Waals surface area contributed by atoms with Gasteiger partial charge in [-0.15, -0.1) is 0 Å². The zero-order valence-electron chi connectivity index (χ0n) is 7.77. The minimum absolute atomic E-state index is 0.309. The van der Waals surface area contributed by atoms with Crippen molar-refractivity contribution in [2.75, 3.05) is 0 Å². The number of benzene rings is 1. The Bertz CT molecular complexity index is 304. The quantitative estimate of drug-likeness (QED) is 0.782. The van der Waals surface area contributed by atoms with Crippen LogP contribution in [-0.2, 0) is 12.2 Å². The van der Waals surface area contributed by atoms with Gasteiger partial charge in [-0.25, -0.2) is 4.39 Å². The van der Waals surface area contributed by atoms with Crippen LogP contribution in [0.5, 0.6) is 0 Å². The lowest BCUT2D eigenvalue weighted by molar-refractivity contribution is 0.220. The molecule has 0 radical (unpaired) electrons. The average Bonchev–Trinajstić information content (AvgIpc) is 2.01. The van der Waals surface area contributed by atoms with Crippen LogP contribution in [0.3, 0.4) is 0 Å². The summed E-state index contributed by atoms with van der Waals surface area (Å²) < 4.78 is 13.7. The fourth-order valence-corrected chi connectivity index (χ4v) is 1.82. The predicted octanol–water partition coefficient (Wildman–Crippen LogP) is 3.00. The summed E-state index contributed by atoms with van der Waals surface area (Å²) in [5.74, 6) is 0. The van der Waals surface area contributed by atoms with Crippen LogP contribution >= 0.6 is 11.6 Å². The number of alkyl halides is 1. The molecule has 1 aromatic carbocycles. The molecule has 0 aliphatic rings. The molecule has 0 heterocycles. The van der Waals surface area contributed by atoms with Crippen molar-refractivity contribution in [1.82, 2.24) is 0 Å². The Morgan fingerprint density at radius 2 is 2.08 bits per heavy atom. The molecule has 0 unspecified atom stereocenters. The Hall–Kier alpha value is -0.600. The topological polar surface area (TPSA) is 26.0 Å². The maximum Gasteiger partial charge on any atom is 0.132 e. The smallest absolute Gasteiger partial charge is 0.132 e. The van der Waals surface area contributed by atoms with Crippen LogP contribution in [0.1, 0.15) is 25.0 Å². The number of rotatable bonds is 2. The normalized spacial score (nSPS) is 11.8. The van der Waals surface area contributed by atoms with Crippen LogP contribution in [0.25, 0.3) is 0 Å². The summed E-state index contributed by atoms with van der Waals surface area (Å²) in [5, 5.41) is 0.440. The van der Waals surface area contributed by atoms with Gasteiger partial charge in [0.1, 0.15) is 5.67 Å². The molecule has 2 N–H and O–H groups in total. The van der Waals surface area contributed by atoms with E-state index in [-0.39, 0.29) is 0 Å². The van der Waals surface area contributed by atoms with Gasteiger partial charge in [0, 0.05) is 17.1 Å². The molecular weight excluding hydrogens is 189 g/mol. The van der Waals surface area contributed by atoms with Crippen LogP contribution in [-0.4, -0.2) is 0 Å².